The summed E-state index contributed by atoms with van der Waals surface area (Å²) >= 11 is 11.9. The van der Waals surface area contributed by atoms with E-state index < -0.39 is 11.8 Å². The second-order valence-electron chi connectivity index (χ2n) is 5.47. The zero-order chi connectivity index (χ0) is 18.5. The lowest BCUT2D eigenvalue weighted by atomic mass is 10.1. The third kappa shape index (κ3) is 4.42. The molecule has 2 N–H and O–H groups in total. The highest BCUT2D eigenvalue weighted by Crippen LogP contribution is 2.19. The Morgan fingerprint density at radius 3 is 1.42 bits per heavy atom. The summed E-state index contributed by atoms with van der Waals surface area (Å²) in [6.07, 6.45) is 0. The number of rotatable bonds is 4. The summed E-state index contributed by atoms with van der Waals surface area (Å²) in [7, 11) is 0. The number of carbonyl (C=O) groups is 2. The fourth-order valence-electron chi connectivity index (χ4n) is 2.41. The molecule has 0 saturated carbocycles. The number of carbonyl (C=O) groups excluding carboxylic acids is 2. The van der Waals surface area contributed by atoms with Crippen LogP contribution in [0.2, 0.25) is 10.0 Å². The van der Waals surface area contributed by atoms with E-state index in [0.717, 1.165) is 0 Å². The van der Waals surface area contributed by atoms with E-state index in [-0.39, 0.29) is 11.1 Å². The molecular weight excluding hydrogens is 371 g/mol. The molecule has 0 saturated heterocycles. The van der Waals surface area contributed by atoms with Gasteiger partial charge in [0.2, 0.25) is 0 Å². The lowest BCUT2D eigenvalue weighted by Crippen LogP contribution is -2.20. The molecule has 0 atom stereocenters. The predicted molar refractivity (Wildman–Crippen MR) is 105 cm³/mol. The van der Waals surface area contributed by atoms with Gasteiger partial charge in [0.1, 0.15) is 0 Å². The summed E-state index contributed by atoms with van der Waals surface area (Å²) in [6.45, 7) is 0. The number of anilines is 2. The van der Waals surface area contributed by atoms with Crippen LogP contribution in [0, 0.1) is 0 Å². The summed E-state index contributed by atoms with van der Waals surface area (Å²) in [6, 6.07) is 20.2. The monoisotopic (exact) mass is 384 g/mol. The van der Waals surface area contributed by atoms with Crippen molar-refractivity contribution in [3.63, 3.8) is 0 Å². The average molecular weight is 385 g/mol. The van der Waals surface area contributed by atoms with E-state index in [0.29, 0.717) is 21.4 Å². The first-order valence-electron chi connectivity index (χ1n) is 7.76. The van der Waals surface area contributed by atoms with Gasteiger partial charge in [0.25, 0.3) is 11.8 Å². The zero-order valence-electron chi connectivity index (χ0n) is 13.5. The molecule has 0 aliphatic rings. The average Bonchev–Trinajstić information content (AvgIpc) is 2.61. The van der Waals surface area contributed by atoms with Crippen LogP contribution in [0.25, 0.3) is 0 Å². The van der Waals surface area contributed by atoms with Gasteiger partial charge in [0.15, 0.2) is 0 Å². The molecule has 2 amide bonds. The first-order chi connectivity index (χ1) is 12.5. The molecule has 130 valence electrons. The number of nitrogens with one attached hydrogen (secondary N) is 2. The Balaban J connectivity index is 1.83. The van der Waals surface area contributed by atoms with Crippen molar-refractivity contribution in [2.24, 2.45) is 0 Å². The minimum absolute atomic E-state index is 0.256. The highest BCUT2D eigenvalue weighted by Gasteiger charge is 2.17. The molecule has 3 aromatic rings. The van der Waals surface area contributed by atoms with Crippen molar-refractivity contribution in [1.82, 2.24) is 0 Å². The Bertz CT molecular complexity index is 895. The van der Waals surface area contributed by atoms with Gasteiger partial charge >= 0.3 is 0 Å². The number of hydrogen-bond acceptors (Lipinski definition) is 2. The third-order valence-electron chi connectivity index (χ3n) is 3.58. The van der Waals surface area contributed by atoms with Crippen LogP contribution >= 0.6 is 23.2 Å². The number of halogens is 2. The van der Waals surface area contributed by atoms with Crippen LogP contribution in [0.15, 0.2) is 72.8 Å². The van der Waals surface area contributed by atoms with Crippen molar-refractivity contribution in [2.45, 2.75) is 0 Å². The number of hydrogen-bond donors (Lipinski definition) is 2. The maximum absolute atomic E-state index is 12.6. The van der Waals surface area contributed by atoms with E-state index in [4.69, 9.17) is 23.2 Å². The zero-order valence-corrected chi connectivity index (χ0v) is 15.0. The molecule has 0 spiro atoms. The summed E-state index contributed by atoms with van der Waals surface area (Å²) in [4.78, 5) is 25.2. The Kier molecular flexibility index (Phi) is 5.56. The molecule has 3 rings (SSSR count). The molecule has 0 aliphatic carbocycles. The lowest BCUT2D eigenvalue weighted by Gasteiger charge is -2.11. The minimum Gasteiger partial charge on any atom is -0.322 e. The van der Waals surface area contributed by atoms with Gasteiger partial charge in [0, 0.05) is 21.4 Å². The predicted octanol–water partition coefficient (Wildman–Crippen LogP) is 5.50. The van der Waals surface area contributed by atoms with Crippen LogP contribution in [0.5, 0.6) is 0 Å². The van der Waals surface area contributed by atoms with Crippen LogP contribution in [0.1, 0.15) is 20.7 Å². The minimum atomic E-state index is -0.399. The van der Waals surface area contributed by atoms with E-state index in [2.05, 4.69) is 10.6 Å². The second kappa shape index (κ2) is 8.04. The van der Waals surface area contributed by atoms with Crippen molar-refractivity contribution < 1.29 is 9.59 Å². The van der Waals surface area contributed by atoms with E-state index in [1.54, 1.807) is 72.8 Å². The van der Waals surface area contributed by atoms with Crippen molar-refractivity contribution >= 4 is 46.4 Å². The molecule has 6 heteroatoms. The Morgan fingerprint density at radius 1 is 0.615 bits per heavy atom. The maximum atomic E-state index is 12.6. The molecule has 0 bridgehead atoms. The molecule has 4 nitrogen and oxygen atoms in total. The van der Waals surface area contributed by atoms with Gasteiger partial charge in [-0.05, 0) is 48.5 Å². The van der Waals surface area contributed by atoms with Crippen molar-refractivity contribution in [2.75, 3.05) is 10.6 Å². The third-order valence-corrected chi connectivity index (χ3v) is 4.05. The highest BCUT2D eigenvalue weighted by atomic mass is 35.5. The number of amides is 2. The Labute approximate surface area is 160 Å². The van der Waals surface area contributed by atoms with E-state index >= 15 is 0 Å². The summed E-state index contributed by atoms with van der Waals surface area (Å²) < 4.78 is 0. The fraction of sp³-hybridized carbons (Fsp3) is 0. The van der Waals surface area contributed by atoms with Gasteiger partial charge in [-0.3, -0.25) is 9.59 Å². The van der Waals surface area contributed by atoms with Crippen LogP contribution in [0.3, 0.4) is 0 Å². The van der Waals surface area contributed by atoms with Crippen LogP contribution in [-0.4, -0.2) is 11.8 Å². The summed E-state index contributed by atoms with van der Waals surface area (Å²) in [5, 5.41) is 6.50. The van der Waals surface area contributed by atoms with E-state index in [1.165, 1.54) is 0 Å². The van der Waals surface area contributed by atoms with Crippen molar-refractivity contribution in [3.8, 4) is 0 Å². The molecule has 0 unspecified atom stereocenters. The van der Waals surface area contributed by atoms with E-state index in [1.807, 2.05) is 0 Å². The maximum Gasteiger partial charge on any atom is 0.256 e. The first kappa shape index (κ1) is 18.0. The topological polar surface area (TPSA) is 58.2 Å². The molecule has 0 radical (unpaired) electrons. The fourth-order valence-corrected chi connectivity index (χ4v) is 2.79. The SMILES string of the molecule is O=C(Nc1cccc(Cl)c1)c1ccccc1C(=O)Nc1cccc(Cl)c1. The quantitative estimate of drug-likeness (QED) is 0.623. The molecule has 0 aliphatic heterocycles. The highest BCUT2D eigenvalue weighted by molar-refractivity contribution is 6.31. The lowest BCUT2D eigenvalue weighted by molar-refractivity contribution is 0.0990. The first-order valence-corrected chi connectivity index (χ1v) is 8.51. The normalized spacial score (nSPS) is 10.2. The smallest absolute Gasteiger partial charge is 0.256 e. The molecule has 3 aromatic carbocycles. The van der Waals surface area contributed by atoms with Gasteiger partial charge in [0.05, 0.1) is 11.1 Å². The van der Waals surface area contributed by atoms with E-state index in [9.17, 15) is 9.59 Å². The van der Waals surface area contributed by atoms with Crippen molar-refractivity contribution in [3.05, 3.63) is 94.0 Å². The Hall–Kier alpha value is -2.82. The largest absolute Gasteiger partial charge is 0.322 e. The molecule has 0 fully saturated rings. The van der Waals surface area contributed by atoms with Crippen LogP contribution in [-0.2, 0) is 0 Å². The van der Waals surface area contributed by atoms with Gasteiger partial charge < -0.3 is 10.6 Å². The van der Waals surface area contributed by atoms with Gasteiger partial charge in [-0.2, -0.15) is 0 Å². The van der Waals surface area contributed by atoms with Gasteiger partial charge in [-0.15, -0.1) is 0 Å². The van der Waals surface area contributed by atoms with Gasteiger partial charge in [-0.1, -0.05) is 47.5 Å². The van der Waals surface area contributed by atoms with Gasteiger partial charge in [-0.25, -0.2) is 0 Å². The standard InChI is InChI=1S/C20H14Cl2N2O2/c21-13-5-3-7-15(11-13)23-19(25)17-9-1-2-10-18(17)20(26)24-16-8-4-6-14(22)12-16/h1-12H,(H,23,25)(H,24,26). The van der Waals surface area contributed by atoms with Crippen molar-refractivity contribution in [1.29, 1.82) is 0 Å². The van der Waals surface area contributed by atoms with Crippen LogP contribution in [0.4, 0.5) is 11.4 Å². The summed E-state index contributed by atoms with van der Waals surface area (Å²) in [5.74, 6) is -0.798. The second-order valence-corrected chi connectivity index (χ2v) is 6.35. The molecular formula is C20H14Cl2N2O2. The summed E-state index contributed by atoms with van der Waals surface area (Å²) in [5.41, 5.74) is 1.61. The molecule has 26 heavy (non-hydrogen) atoms. The Morgan fingerprint density at radius 2 is 1.04 bits per heavy atom. The molecule has 0 heterocycles. The van der Waals surface area contributed by atoms with Crippen LogP contribution < -0.4 is 10.6 Å². The number of benzene rings is 3. The molecule has 0 aromatic heterocycles.